The summed E-state index contributed by atoms with van der Waals surface area (Å²) in [7, 11) is 2.01. The van der Waals surface area contributed by atoms with Crippen molar-refractivity contribution in [1.82, 2.24) is 9.88 Å². The highest BCUT2D eigenvalue weighted by Crippen LogP contribution is 2.43. The molecule has 1 atom stereocenters. The molecule has 3 aromatic rings. The molecule has 6 heteroatoms. The number of aryl methyl sites for hydroxylation is 2. The smallest absolute Gasteiger partial charge is 0.247 e. The lowest BCUT2D eigenvalue weighted by atomic mass is 10.0. The van der Waals surface area contributed by atoms with Gasteiger partial charge in [0.1, 0.15) is 6.04 Å². The first-order valence-corrected chi connectivity index (χ1v) is 12.3. The zero-order valence-electron chi connectivity index (χ0n) is 19.2. The number of nitrogens with zero attached hydrogens (tertiary/aromatic N) is 2. The van der Waals surface area contributed by atoms with Crippen molar-refractivity contribution in [2.24, 2.45) is 13.0 Å². The SMILES string of the molecule is CCc1cccc(N2C(=O)CSc3c(c4ccccc4n3C)C2C(=O)NCCC(C)C)c1. The van der Waals surface area contributed by atoms with Crippen molar-refractivity contribution in [2.75, 3.05) is 17.2 Å². The molecule has 2 heterocycles. The molecule has 0 saturated carbocycles. The van der Waals surface area contributed by atoms with E-state index >= 15 is 0 Å². The molecule has 1 N–H and O–H groups in total. The fourth-order valence-corrected chi connectivity index (χ4v) is 5.43. The van der Waals surface area contributed by atoms with Crippen molar-refractivity contribution in [2.45, 2.75) is 44.7 Å². The third-order valence-electron chi connectivity index (χ3n) is 6.09. The average molecular weight is 450 g/mol. The van der Waals surface area contributed by atoms with Gasteiger partial charge in [-0.05, 0) is 42.5 Å². The number of benzene rings is 2. The third kappa shape index (κ3) is 4.16. The highest BCUT2D eigenvalue weighted by atomic mass is 32.2. The normalized spacial score (nSPS) is 16.3. The van der Waals surface area contributed by atoms with Crippen LogP contribution < -0.4 is 10.2 Å². The Morgan fingerprint density at radius 3 is 2.72 bits per heavy atom. The van der Waals surface area contributed by atoms with Crippen LogP contribution >= 0.6 is 11.8 Å². The van der Waals surface area contributed by atoms with E-state index in [1.54, 1.807) is 4.90 Å². The molecule has 5 nitrogen and oxygen atoms in total. The topological polar surface area (TPSA) is 54.3 Å². The van der Waals surface area contributed by atoms with E-state index in [1.165, 1.54) is 11.8 Å². The van der Waals surface area contributed by atoms with Crippen molar-refractivity contribution in [3.05, 3.63) is 59.7 Å². The largest absolute Gasteiger partial charge is 0.354 e. The van der Waals surface area contributed by atoms with Gasteiger partial charge in [-0.3, -0.25) is 14.5 Å². The molecule has 1 aromatic heterocycles. The Morgan fingerprint density at radius 2 is 1.97 bits per heavy atom. The summed E-state index contributed by atoms with van der Waals surface area (Å²) in [6, 6.07) is 15.4. The van der Waals surface area contributed by atoms with E-state index in [-0.39, 0.29) is 11.8 Å². The number of hydrogen-bond acceptors (Lipinski definition) is 3. The first kappa shape index (κ1) is 22.5. The van der Waals surface area contributed by atoms with Crippen molar-refractivity contribution in [1.29, 1.82) is 0 Å². The lowest BCUT2D eigenvalue weighted by Crippen LogP contribution is -2.44. The average Bonchev–Trinajstić information content (AvgIpc) is 2.96. The number of hydrogen-bond donors (Lipinski definition) is 1. The number of rotatable bonds is 6. The first-order chi connectivity index (χ1) is 15.4. The molecule has 1 aliphatic rings. The minimum atomic E-state index is -0.710. The van der Waals surface area contributed by atoms with Gasteiger partial charge in [0.25, 0.3) is 0 Å². The van der Waals surface area contributed by atoms with Gasteiger partial charge in [-0.15, -0.1) is 0 Å². The van der Waals surface area contributed by atoms with Crippen LogP contribution in [0.4, 0.5) is 5.69 Å². The molecular weight excluding hydrogens is 418 g/mol. The second kappa shape index (κ2) is 9.41. The third-order valence-corrected chi connectivity index (χ3v) is 7.25. The van der Waals surface area contributed by atoms with E-state index in [0.29, 0.717) is 18.2 Å². The standard InChI is InChI=1S/C26H31N3O2S/c1-5-18-9-8-10-19(15-18)29-22(30)16-32-26-23(20-11-6-7-12-21(20)28(26)4)24(29)25(31)27-14-13-17(2)3/h6-12,15,17,24H,5,13-14,16H2,1-4H3,(H,27,31). The van der Waals surface area contributed by atoms with Crippen LogP contribution in [0.5, 0.6) is 0 Å². The summed E-state index contributed by atoms with van der Waals surface area (Å²) in [5.41, 5.74) is 3.91. The number of fused-ring (bicyclic) bond motifs is 3. The Balaban J connectivity index is 1.88. The maximum Gasteiger partial charge on any atom is 0.247 e. The minimum absolute atomic E-state index is 0.0486. The van der Waals surface area contributed by atoms with E-state index < -0.39 is 6.04 Å². The number of thioether (sulfide) groups is 1. The molecule has 0 saturated heterocycles. The zero-order valence-corrected chi connectivity index (χ0v) is 20.0. The highest BCUT2D eigenvalue weighted by Gasteiger charge is 2.39. The molecule has 0 aliphatic carbocycles. The molecule has 2 amide bonds. The first-order valence-electron chi connectivity index (χ1n) is 11.3. The number of amides is 2. The summed E-state index contributed by atoms with van der Waals surface area (Å²) in [5, 5.41) is 5.13. The fraction of sp³-hybridized carbons (Fsp3) is 0.385. The van der Waals surface area contributed by atoms with Crippen LogP contribution in [0.25, 0.3) is 10.9 Å². The van der Waals surface area contributed by atoms with Crippen LogP contribution in [0.1, 0.15) is 44.4 Å². The van der Waals surface area contributed by atoms with E-state index in [1.807, 2.05) is 37.4 Å². The summed E-state index contributed by atoms with van der Waals surface area (Å²) >= 11 is 1.52. The lowest BCUT2D eigenvalue weighted by Gasteiger charge is -2.30. The summed E-state index contributed by atoms with van der Waals surface area (Å²) in [6.07, 6.45) is 1.77. The molecule has 0 fully saturated rings. The van der Waals surface area contributed by atoms with Crippen LogP contribution in [0.15, 0.2) is 53.6 Å². The number of carbonyl (C=O) groups excluding carboxylic acids is 2. The quantitative estimate of drug-likeness (QED) is 0.571. The van der Waals surface area contributed by atoms with Crippen molar-refractivity contribution in [3.63, 3.8) is 0 Å². The summed E-state index contributed by atoms with van der Waals surface area (Å²) < 4.78 is 2.11. The molecule has 0 radical (unpaired) electrons. The Kier molecular flexibility index (Phi) is 6.60. The van der Waals surface area contributed by atoms with Crippen LogP contribution in [0.2, 0.25) is 0 Å². The van der Waals surface area contributed by atoms with Crippen LogP contribution in [-0.4, -0.2) is 28.7 Å². The predicted molar refractivity (Wildman–Crippen MR) is 132 cm³/mol. The van der Waals surface area contributed by atoms with Gasteiger partial charge >= 0.3 is 0 Å². The summed E-state index contributed by atoms with van der Waals surface area (Å²) in [5.74, 6) is 0.615. The van der Waals surface area contributed by atoms with Crippen molar-refractivity contribution < 1.29 is 9.59 Å². The monoisotopic (exact) mass is 449 g/mol. The number of aromatic nitrogens is 1. The molecule has 32 heavy (non-hydrogen) atoms. The highest BCUT2D eigenvalue weighted by molar-refractivity contribution is 8.00. The Morgan fingerprint density at radius 1 is 1.19 bits per heavy atom. The Labute approximate surface area is 194 Å². The molecule has 4 rings (SSSR count). The maximum atomic E-state index is 13.7. The van der Waals surface area contributed by atoms with Gasteiger partial charge in [-0.2, -0.15) is 0 Å². The van der Waals surface area contributed by atoms with Gasteiger partial charge in [0, 0.05) is 35.7 Å². The molecule has 2 aromatic carbocycles. The van der Waals surface area contributed by atoms with Crippen LogP contribution in [0, 0.1) is 5.92 Å². The Bertz CT molecular complexity index is 1150. The van der Waals surface area contributed by atoms with Crippen molar-refractivity contribution >= 4 is 40.2 Å². The molecule has 168 valence electrons. The zero-order chi connectivity index (χ0) is 22.8. The number of carbonyl (C=O) groups is 2. The van der Waals surface area contributed by atoms with E-state index in [2.05, 4.69) is 48.9 Å². The molecule has 0 bridgehead atoms. The van der Waals surface area contributed by atoms with Crippen LogP contribution in [0.3, 0.4) is 0 Å². The van der Waals surface area contributed by atoms with E-state index in [9.17, 15) is 9.59 Å². The fourth-order valence-electron chi connectivity index (χ4n) is 4.36. The number of anilines is 1. The van der Waals surface area contributed by atoms with Crippen LogP contribution in [-0.2, 0) is 23.1 Å². The van der Waals surface area contributed by atoms with Gasteiger partial charge in [-0.25, -0.2) is 0 Å². The molecule has 1 aliphatic heterocycles. The molecule has 1 unspecified atom stereocenters. The van der Waals surface area contributed by atoms with Gasteiger partial charge in [0.2, 0.25) is 11.8 Å². The van der Waals surface area contributed by atoms with E-state index in [4.69, 9.17) is 0 Å². The maximum absolute atomic E-state index is 13.7. The van der Waals surface area contributed by atoms with Gasteiger partial charge in [0.15, 0.2) is 0 Å². The second-order valence-electron chi connectivity index (χ2n) is 8.75. The molecular formula is C26H31N3O2S. The molecule has 0 spiro atoms. The number of para-hydroxylation sites is 1. The van der Waals surface area contributed by atoms with Gasteiger partial charge < -0.3 is 9.88 Å². The van der Waals surface area contributed by atoms with E-state index in [0.717, 1.165) is 45.6 Å². The van der Waals surface area contributed by atoms with Crippen molar-refractivity contribution in [3.8, 4) is 0 Å². The lowest BCUT2D eigenvalue weighted by molar-refractivity contribution is -0.125. The minimum Gasteiger partial charge on any atom is -0.354 e. The van der Waals surface area contributed by atoms with Gasteiger partial charge in [-0.1, -0.05) is 62.9 Å². The Hall–Kier alpha value is -2.73. The summed E-state index contributed by atoms with van der Waals surface area (Å²) in [6.45, 7) is 6.97. The summed E-state index contributed by atoms with van der Waals surface area (Å²) in [4.78, 5) is 28.9. The second-order valence-corrected chi connectivity index (χ2v) is 9.71. The number of nitrogens with one attached hydrogen (secondary N) is 1. The predicted octanol–water partition coefficient (Wildman–Crippen LogP) is 5.08. The van der Waals surface area contributed by atoms with Gasteiger partial charge in [0.05, 0.1) is 10.8 Å².